The van der Waals surface area contributed by atoms with Crippen molar-refractivity contribution in [3.8, 4) is 0 Å². The number of benzene rings is 3. The average Bonchev–Trinajstić information content (AvgIpc) is 3.05. The summed E-state index contributed by atoms with van der Waals surface area (Å²) < 4.78 is 27.0. The van der Waals surface area contributed by atoms with Gasteiger partial charge >= 0.3 is 0 Å². The number of para-hydroxylation sites is 1. The standard InChI is InChI=1S/C23H23N3O3S/c1-4-26-21-11-6-5-10-19(21)20-15-17(12-13-22(20)26)24-23(27)16-8-7-9-18(14-16)25(2)30(3,28)29/h5-15H,4H2,1-3H3,(H,24,27). The van der Waals surface area contributed by atoms with Crippen LogP contribution in [0.4, 0.5) is 11.4 Å². The summed E-state index contributed by atoms with van der Waals surface area (Å²) >= 11 is 0. The first-order chi connectivity index (χ1) is 14.3. The molecule has 1 amide bonds. The van der Waals surface area contributed by atoms with Gasteiger partial charge in [0.2, 0.25) is 10.0 Å². The van der Waals surface area contributed by atoms with Crippen molar-refractivity contribution in [2.24, 2.45) is 0 Å². The molecule has 0 aliphatic rings. The molecule has 4 rings (SSSR count). The molecule has 1 aromatic heterocycles. The molecule has 0 aliphatic heterocycles. The van der Waals surface area contributed by atoms with Crippen LogP contribution in [0, 0.1) is 0 Å². The molecule has 0 bridgehead atoms. The van der Waals surface area contributed by atoms with E-state index in [-0.39, 0.29) is 5.91 Å². The number of hydrogen-bond acceptors (Lipinski definition) is 3. The zero-order valence-electron chi connectivity index (χ0n) is 17.1. The third kappa shape index (κ3) is 3.52. The smallest absolute Gasteiger partial charge is 0.255 e. The number of nitrogens with one attached hydrogen (secondary N) is 1. The van der Waals surface area contributed by atoms with E-state index in [0.717, 1.165) is 38.9 Å². The molecule has 6 nitrogen and oxygen atoms in total. The molecule has 0 radical (unpaired) electrons. The molecular weight excluding hydrogens is 398 g/mol. The van der Waals surface area contributed by atoms with E-state index in [9.17, 15) is 13.2 Å². The predicted octanol–water partition coefficient (Wildman–Crippen LogP) is 4.46. The van der Waals surface area contributed by atoms with Crippen LogP contribution in [0.1, 0.15) is 17.3 Å². The maximum absolute atomic E-state index is 12.8. The highest BCUT2D eigenvalue weighted by Gasteiger charge is 2.15. The number of rotatable bonds is 5. The van der Waals surface area contributed by atoms with Crippen LogP contribution in [0.2, 0.25) is 0 Å². The third-order valence-electron chi connectivity index (χ3n) is 5.32. The monoisotopic (exact) mass is 421 g/mol. The topological polar surface area (TPSA) is 71.4 Å². The van der Waals surface area contributed by atoms with Crippen molar-refractivity contribution in [1.82, 2.24) is 4.57 Å². The quantitative estimate of drug-likeness (QED) is 0.517. The van der Waals surface area contributed by atoms with Gasteiger partial charge in [-0.1, -0.05) is 24.3 Å². The number of nitrogens with zero attached hydrogens (tertiary/aromatic N) is 2. The van der Waals surface area contributed by atoms with Crippen LogP contribution in [0.3, 0.4) is 0 Å². The van der Waals surface area contributed by atoms with Crippen LogP contribution >= 0.6 is 0 Å². The maximum Gasteiger partial charge on any atom is 0.255 e. The van der Waals surface area contributed by atoms with Crippen LogP contribution in [0.5, 0.6) is 0 Å². The first kappa shape index (κ1) is 20.0. The Morgan fingerprint density at radius 1 is 0.967 bits per heavy atom. The Bertz CT molecular complexity index is 1370. The van der Waals surface area contributed by atoms with Crippen molar-refractivity contribution in [2.45, 2.75) is 13.5 Å². The summed E-state index contributed by atoms with van der Waals surface area (Å²) in [5, 5.41) is 5.15. The minimum Gasteiger partial charge on any atom is -0.341 e. The number of carbonyl (C=O) groups is 1. The normalized spacial score (nSPS) is 11.7. The number of fused-ring (bicyclic) bond motifs is 3. The first-order valence-electron chi connectivity index (χ1n) is 9.66. The van der Waals surface area contributed by atoms with Crippen molar-refractivity contribution in [2.75, 3.05) is 22.9 Å². The van der Waals surface area contributed by atoms with Crippen molar-refractivity contribution in [3.05, 3.63) is 72.3 Å². The molecule has 4 aromatic rings. The van der Waals surface area contributed by atoms with Crippen LogP contribution in [-0.4, -0.2) is 32.2 Å². The molecule has 7 heteroatoms. The Labute approximate surface area is 175 Å². The molecule has 0 atom stereocenters. The van der Waals surface area contributed by atoms with Gasteiger partial charge in [0.25, 0.3) is 5.91 Å². The predicted molar refractivity (Wildman–Crippen MR) is 123 cm³/mol. The number of sulfonamides is 1. The van der Waals surface area contributed by atoms with Gasteiger partial charge in [-0.25, -0.2) is 8.42 Å². The molecule has 0 spiro atoms. The third-order valence-corrected chi connectivity index (χ3v) is 6.52. The number of hydrogen-bond donors (Lipinski definition) is 1. The number of aromatic nitrogens is 1. The molecule has 0 saturated carbocycles. The second-order valence-corrected chi connectivity index (χ2v) is 9.24. The van der Waals surface area contributed by atoms with Gasteiger partial charge in [-0.2, -0.15) is 0 Å². The molecule has 0 unspecified atom stereocenters. The van der Waals surface area contributed by atoms with Crippen molar-refractivity contribution >= 4 is 49.1 Å². The van der Waals surface area contributed by atoms with Gasteiger partial charge in [-0.3, -0.25) is 9.10 Å². The lowest BCUT2D eigenvalue weighted by Gasteiger charge is -2.17. The van der Waals surface area contributed by atoms with E-state index < -0.39 is 10.0 Å². The number of amides is 1. The van der Waals surface area contributed by atoms with Crippen LogP contribution in [-0.2, 0) is 16.6 Å². The van der Waals surface area contributed by atoms with Gasteiger partial charge in [0.05, 0.1) is 11.9 Å². The summed E-state index contributed by atoms with van der Waals surface area (Å²) in [5.41, 5.74) is 3.79. The van der Waals surface area contributed by atoms with Crippen LogP contribution < -0.4 is 9.62 Å². The summed E-state index contributed by atoms with van der Waals surface area (Å²) in [6.07, 6.45) is 1.13. The lowest BCUT2D eigenvalue weighted by molar-refractivity contribution is 0.102. The Kier molecular flexibility index (Phi) is 4.99. The lowest BCUT2D eigenvalue weighted by atomic mass is 10.1. The van der Waals surface area contributed by atoms with E-state index >= 15 is 0 Å². The SMILES string of the molecule is CCn1c2ccccc2c2cc(NC(=O)c3cccc(N(C)S(C)(=O)=O)c3)ccc21. The lowest BCUT2D eigenvalue weighted by Crippen LogP contribution is -2.25. The van der Waals surface area contributed by atoms with Crippen LogP contribution in [0.25, 0.3) is 21.8 Å². The second kappa shape index (κ2) is 7.50. The molecule has 0 aliphatic carbocycles. The minimum absolute atomic E-state index is 0.294. The number of anilines is 2. The maximum atomic E-state index is 12.8. The molecule has 154 valence electrons. The Morgan fingerprint density at radius 3 is 2.43 bits per heavy atom. The number of carbonyl (C=O) groups excluding carboxylic acids is 1. The molecule has 1 heterocycles. The Hall–Kier alpha value is -3.32. The fraction of sp³-hybridized carbons (Fsp3) is 0.174. The van der Waals surface area contributed by atoms with Gasteiger partial charge in [0.15, 0.2) is 0 Å². The average molecular weight is 422 g/mol. The zero-order chi connectivity index (χ0) is 21.5. The van der Waals surface area contributed by atoms with E-state index in [1.54, 1.807) is 24.3 Å². The highest BCUT2D eigenvalue weighted by Crippen LogP contribution is 2.31. The molecule has 3 aromatic carbocycles. The Morgan fingerprint density at radius 2 is 1.70 bits per heavy atom. The fourth-order valence-electron chi connectivity index (χ4n) is 3.71. The highest BCUT2D eigenvalue weighted by molar-refractivity contribution is 7.92. The molecular formula is C23H23N3O3S. The first-order valence-corrected chi connectivity index (χ1v) is 11.5. The molecule has 0 fully saturated rings. The summed E-state index contributed by atoms with van der Waals surface area (Å²) in [6, 6.07) is 20.7. The van der Waals surface area contributed by atoms with E-state index in [1.807, 2.05) is 30.3 Å². The van der Waals surface area contributed by atoms with Gasteiger partial charge in [-0.05, 0) is 49.4 Å². The Balaban J connectivity index is 1.68. The van der Waals surface area contributed by atoms with Crippen molar-refractivity contribution in [3.63, 3.8) is 0 Å². The van der Waals surface area contributed by atoms with Gasteiger partial charge < -0.3 is 9.88 Å². The van der Waals surface area contributed by atoms with E-state index in [1.165, 1.54) is 7.05 Å². The summed E-state index contributed by atoms with van der Waals surface area (Å²) in [5.74, 6) is -0.294. The van der Waals surface area contributed by atoms with E-state index in [4.69, 9.17) is 0 Å². The largest absolute Gasteiger partial charge is 0.341 e. The fourth-order valence-corrected chi connectivity index (χ4v) is 4.21. The zero-order valence-corrected chi connectivity index (χ0v) is 17.9. The van der Waals surface area contributed by atoms with E-state index in [2.05, 4.69) is 28.9 Å². The minimum atomic E-state index is -3.40. The summed E-state index contributed by atoms with van der Waals surface area (Å²) in [6.45, 7) is 2.97. The number of aryl methyl sites for hydroxylation is 1. The molecule has 30 heavy (non-hydrogen) atoms. The van der Waals surface area contributed by atoms with Gasteiger partial charge in [0.1, 0.15) is 0 Å². The second-order valence-electron chi connectivity index (χ2n) is 7.23. The van der Waals surface area contributed by atoms with Gasteiger partial charge in [0, 0.05) is 46.6 Å². The molecule has 0 saturated heterocycles. The van der Waals surface area contributed by atoms with Gasteiger partial charge in [-0.15, -0.1) is 0 Å². The summed E-state index contributed by atoms with van der Waals surface area (Å²) in [7, 11) is -1.94. The van der Waals surface area contributed by atoms with Crippen molar-refractivity contribution < 1.29 is 13.2 Å². The highest BCUT2D eigenvalue weighted by atomic mass is 32.2. The molecule has 1 N–H and O–H groups in total. The van der Waals surface area contributed by atoms with Crippen molar-refractivity contribution in [1.29, 1.82) is 0 Å². The summed E-state index contributed by atoms with van der Waals surface area (Å²) in [4.78, 5) is 12.8. The van der Waals surface area contributed by atoms with Crippen LogP contribution in [0.15, 0.2) is 66.7 Å². The van der Waals surface area contributed by atoms with E-state index in [0.29, 0.717) is 16.9 Å².